The fourth-order valence-corrected chi connectivity index (χ4v) is 3.80. The van der Waals surface area contributed by atoms with Crippen molar-refractivity contribution in [3.05, 3.63) is 39.4 Å². The lowest BCUT2D eigenvalue weighted by atomic mass is 10.1. The molecule has 2 fully saturated rings. The molecule has 0 unspecified atom stereocenters. The summed E-state index contributed by atoms with van der Waals surface area (Å²) in [5.74, 6) is -6.68. The fourth-order valence-electron chi connectivity index (χ4n) is 3.80. The van der Waals surface area contributed by atoms with Gasteiger partial charge in [0.2, 0.25) is 5.43 Å². The molecule has 6 nitrogen and oxygen atoms in total. The minimum atomic E-state index is -1.62. The predicted molar refractivity (Wildman–Crippen MR) is 93.0 cm³/mol. The average Bonchev–Trinajstić information content (AvgIpc) is 3.42. The Kier molecular flexibility index (Phi) is 4.33. The first-order valence-corrected chi connectivity index (χ1v) is 8.81. The maximum Gasteiger partial charge on any atom is 0.341 e. The van der Waals surface area contributed by atoms with Gasteiger partial charge in [0.05, 0.1) is 17.6 Å². The number of nitrogens with two attached hydrogens (primary N) is 1. The van der Waals surface area contributed by atoms with Crippen LogP contribution in [0.15, 0.2) is 11.0 Å². The van der Waals surface area contributed by atoms with E-state index in [9.17, 15) is 27.9 Å². The van der Waals surface area contributed by atoms with Crippen LogP contribution < -0.4 is 16.1 Å². The number of halogens is 4. The molecule has 150 valence electrons. The van der Waals surface area contributed by atoms with Gasteiger partial charge in [0, 0.05) is 37.3 Å². The van der Waals surface area contributed by atoms with Gasteiger partial charge in [-0.25, -0.2) is 18.0 Å². The van der Waals surface area contributed by atoms with E-state index >= 15 is 4.39 Å². The van der Waals surface area contributed by atoms with Crippen LogP contribution in [-0.2, 0) is 0 Å². The van der Waals surface area contributed by atoms with Crippen LogP contribution in [-0.4, -0.2) is 41.4 Å². The Morgan fingerprint density at radius 2 is 1.86 bits per heavy atom. The number of nitrogens with zero attached hydrogens (tertiary/aromatic N) is 2. The molecule has 10 heteroatoms. The third kappa shape index (κ3) is 2.66. The highest BCUT2D eigenvalue weighted by Crippen LogP contribution is 2.41. The molecule has 2 aliphatic rings. The van der Waals surface area contributed by atoms with Crippen molar-refractivity contribution in [2.75, 3.05) is 24.7 Å². The number of hydrogen-bond donors (Lipinski definition) is 2. The van der Waals surface area contributed by atoms with E-state index in [1.54, 1.807) is 0 Å². The van der Waals surface area contributed by atoms with Crippen molar-refractivity contribution in [2.45, 2.75) is 24.9 Å². The number of fused-ring (bicyclic) bond motifs is 1. The molecule has 1 saturated heterocycles. The van der Waals surface area contributed by atoms with Gasteiger partial charge in [-0.15, -0.1) is 0 Å². The van der Waals surface area contributed by atoms with Crippen molar-refractivity contribution >= 4 is 22.6 Å². The normalized spacial score (nSPS) is 22.2. The van der Waals surface area contributed by atoms with Gasteiger partial charge in [-0.1, -0.05) is 0 Å². The molecule has 2 aromatic rings. The first-order chi connectivity index (χ1) is 13.3. The van der Waals surface area contributed by atoms with Crippen molar-refractivity contribution in [1.82, 2.24) is 4.57 Å². The summed E-state index contributed by atoms with van der Waals surface area (Å²) in [6.07, 6.45) is 2.14. The molecule has 1 aromatic carbocycles. The Balaban J connectivity index is 2.03. The highest BCUT2D eigenvalue weighted by molar-refractivity contribution is 5.94. The van der Waals surface area contributed by atoms with Crippen molar-refractivity contribution < 1.29 is 27.5 Å². The summed E-state index contributed by atoms with van der Waals surface area (Å²) in [5, 5.41) is 8.28. The number of carboxylic acids is 1. The number of hydrogen-bond acceptors (Lipinski definition) is 4. The van der Waals surface area contributed by atoms with Gasteiger partial charge in [-0.3, -0.25) is 9.18 Å². The Morgan fingerprint density at radius 1 is 1.18 bits per heavy atom. The van der Waals surface area contributed by atoms with Crippen molar-refractivity contribution in [3.63, 3.8) is 0 Å². The fraction of sp³-hybridized carbons (Fsp3) is 0.444. The van der Waals surface area contributed by atoms with E-state index in [0.717, 1.165) is 11.1 Å². The van der Waals surface area contributed by atoms with Crippen LogP contribution in [0.25, 0.3) is 10.9 Å². The molecule has 1 saturated carbocycles. The van der Waals surface area contributed by atoms with Gasteiger partial charge >= 0.3 is 5.97 Å². The van der Waals surface area contributed by atoms with Crippen molar-refractivity contribution in [1.29, 1.82) is 0 Å². The van der Waals surface area contributed by atoms with Gasteiger partial charge in [-0.2, -0.15) is 0 Å². The zero-order valence-electron chi connectivity index (χ0n) is 14.6. The van der Waals surface area contributed by atoms with Gasteiger partial charge in [-0.05, 0) is 12.8 Å². The highest BCUT2D eigenvalue weighted by Gasteiger charge is 2.37. The molecule has 0 radical (unpaired) electrons. The van der Waals surface area contributed by atoms with Crippen LogP contribution in [0.3, 0.4) is 0 Å². The third-order valence-electron chi connectivity index (χ3n) is 5.45. The summed E-state index contributed by atoms with van der Waals surface area (Å²) < 4.78 is 59.3. The number of alkyl halides is 1. The van der Waals surface area contributed by atoms with Crippen LogP contribution >= 0.6 is 0 Å². The first kappa shape index (κ1) is 18.7. The lowest BCUT2D eigenvalue weighted by molar-refractivity contribution is 0.0694. The Bertz CT molecular complexity index is 1050. The summed E-state index contributed by atoms with van der Waals surface area (Å²) in [6, 6.07) is -0.990. The van der Waals surface area contributed by atoms with E-state index in [1.165, 1.54) is 4.57 Å². The summed E-state index contributed by atoms with van der Waals surface area (Å²) in [7, 11) is 0. The van der Waals surface area contributed by atoms with Crippen LogP contribution in [0.1, 0.15) is 29.2 Å². The van der Waals surface area contributed by atoms with E-state index in [0.29, 0.717) is 12.8 Å². The minimum Gasteiger partial charge on any atom is -0.477 e. The second kappa shape index (κ2) is 6.47. The maximum absolute atomic E-state index is 15.4. The van der Waals surface area contributed by atoms with E-state index in [1.807, 2.05) is 0 Å². The zero-order chi connectivity index (χ0) is 20.3. The van der Waals surface area contributed by atoms with Crippen molar-refractivity contribution in [3.8, 4) is 0 Å². The third-order valence-corrected chi connectivity index (χ3v) is 5.45. The molecule has 3 N–H and O–H groups in total. The maximum atomic E-state index is 15.4. The molecule has 28 heavy (non-hydrogen) atoms. The van der Waals surface area contributed by atoms with E-state index < -0.39 is 69.6 Å². The molecule has 1 aromatic heterocycles. The van der Waals surface area contributed by atoms with Gasteiger partial charge in [0.15, 0.2) is 17.5 Å². The Morgan fingerprint density at radius 3 is 2.39 bits per heavy atom. The number of carboxylic acid groups (broad SMARTS) is 1. The number of rotatable bonds is 4. The smallest absolute Gasteiger partial charge is 0.341 e. The lowest BCUT2D eigenvalue weighted by Gasteiger charge is -2.23. The van der Waals surface area contributed by atoms with Crippen LogP contribution in [0, 0.1) is 23.4 Å². The molecule has 0 amide bonds. The Hall–Kier alpha value is -2.62. The average molecular weight is 399 g/mol. The molecule has 1 aliphatic carbocycles. The quantitative estimate of drug-likeness (QED) is 0.608. The summed E-state index contributed by atoms with van der Waals surface area (Å²) in [5.41, 5.74) is 2.55. The standard InChI is InChI=1S/C18H17F4N3O3/c19-3-7-4-24(6-10(7)23)16-13(21)12(20)11-15(14(16)22)25(8-1-2-8)5-9(17(11)26)18(27)28/h5,7-8,10H,1-4,6,23H2,(H,27,28)/t7-,10+/m0/s1. The molecule has 4 rings (SSSR count). The van der Waals surface area contributed by atoms with Crippen molar-refractivity contribution in [2.24, 2.45) is 11.7 Å². The molecular weight excluding hydrogens is 382 g/mol. The van der Waals surface area contributed by atoms with Crippen LogP contribution in [0.2, 0.25) is 0 Å². The number of pyridine rings is 1. The largest absolute Gasteiger partial charge is 0.477 e. The number of aromatic nitrogens is 1. The second-order valence-corrected chi connectivity index (χ2v) is 7.31. The second-order valence-electron chi connectivity index (χ2n) is 7.31. The van der Waals surface area contributed by atoms with E-state index in [-0.39, 0.29) is 19.1 Å². The monoisotopic (exact) mass is 399 g/mol. The Labute approximate surface area is 156 Å². The van der Waals surface area contributed by atoms with Gasteiger partial charge in [0.25, 0.3) is 0 Å². The van der Waals surface area contributed by atoms with Gasteiger partial charge < -0.3 is 20.3 Å². The molecule has 0 bridgehead atoms. The highest BCUT2D eigenvalue weighted by atomic mass is 19.2. The number of anilines is 1. The van der Waals surface area contributed by atoms with Gasteiger partial charge in [0.1, 0.15) is 11.3 Å². The first-order valence-electron chi connectivity index (χ1n) is 8.81. The molecule has 2 heterocycles. The van der Waals surface area contributed by atoms with E-state index in [2.05, 4.69) is 0 Å². The zero-order valence-corrected chi connectivity index (χ0v) is 14.6. The predicted octanol–water partition coefficient (Wildman–Crippen LogP) is 2.18. The molecular formula is C18H17F4N3O3. The number of carbonyl (C=O) groups is 1. The summed E-state index contributed by atoms with van der Waals surface area (Å²) >= 11 is 0. The van der Waals surface area contributed by atoms with E-state index in [4.69, 9.17) is 5.73 Å². The number of benzene rings is 1. The SMILES string of the molecule is N[C@@H]1CN(c2c(F)c(F)c3c(=O)c(C(=O)O)cn(C4CC4)c3c2F)C[C@@H]1CF. The molecule has 0 spiro atoms. The van der Waals surface area contributed by atoms with Crippen LogP contribution in [0.5, 0.6) is 0 Å². The molecule has 2 atom stereocenters. The van der Waals surface area contributed by atoms with Crippen LogP contribution in [0.4, 0.5) is 23.2 Å². The topological polar surface area (TPSA) is 88.6 Å². The molecule has 1 aliphatic heterocycles. The minimum absolute atomic E-state index is 0.0752. The lowest BCUT2D eigenvalue weighted by Crippen LogP contribution is -2.31. The number of aromatic carboxylic acids is 1. The summed E-state index contributed by atoms with van der Waals surface area (Å²) in [6.45, 7) is -0.961. The summed E-state index contributed by atoms with van der Waals surface area (Å²) in [4.78, 5) is 24.9.